The molecule has 1 fully saturated rings. The van der Waals surface area contributed by atoms with Gasteiger partial charge in [0, 0.05) is 25.2 Å². The zero-order valence-corrected chi connectivity index (χ0v) is 13.7. The minimum absolute atomic E-state index is 0.0192. The normalized spacial score (nSPS) is 18.3. The summed E-state index contributed by atoms with van der Waals surface area (Å²) in [5.74, 6) is -0.0977. The van der Waals surface area contributed by atoms with E-state index in [0.29, 0.717) is 25.2 Å². The van der Waals surface area contributed by atoms with E-state index in [1.165, 1.54) is 6.07 Å². The molecule has 0 aliphatic carbocycles. The van der Waals surface area contributed by atoms with E-state index in [-0.39, 0.29) is 17.6 Å². The Balaban J connectivity index is 1.53. The molecule has 1 atom stereocenters. The number of carbonyl (C=O) groups excluding carboxylic acids is 1. The molecule has 1 saturated heterocycles. The van der Waals surface area contributed by atoms with Gasteiger partial charge in [-0.15, -0.1) is 0 Å². The first kappa shape index (κ1) is 16.7. The molecule has 1 unspecified atom stereocenters. The van der Waals surface area contributed by atoms with Gasteiger partial charge >= 0.3 is 0 Å². The van der Waals surface area contributed by atoms with Crippen LogP contribution in [0.3, 0.4) is 0 Å². The highest BCUT2D eigenvalue weighted by molar-refractivity contribution is 5.78. The topological polar surface area (TPSA) is 32.3 Å². The third-order valence-corrected chi connectivity index (χ3v) is 4.54. The smallest absolute Gasteiger partial charge is 0.224 e. The highest BCUT2D eigenvalue weighted by atomic mass is 19.1. The third kappa shape index (κ3) is 4.42. The SMILES string of the molecule is O=C(NCc1ccccc1)C1CCCN(Cc2ccccc2F)C1. The maximum Gasteiger partial charge on any atom is 0.224 e. The first-order valence-corrected chi connectivity index (χ1v) is 8.50. The Kier molecular flexibility index (Phi) is 5.59. The highest BCUT2D eigenvalue weighted by Gasteiger charge is 2.25. The van der Waals surface area contributed by atoms with Crippen LogP contribution in [0.25, 0.3) is 0 Å². The van der Waals surface area contributed by atoms with Crippen LogP contribution < -0.4 is 5.32 Å². The van der Waals surface area contributed by atoms with Crippen molar-refractivity contribution in [1.82, 2.24) is 10.2 Å². The molecule has 126 valence electrons. The van der Waals surface area contributed by atoms with Gasteiger partial charge in [0.15, 0.2) is 0 Å². The van der Waals surface area contributed by atoms with Crippen molar-refractivity contribution in [3.05, 3.63) is 71.5 Å². The Morgan fingerprint density at radius 3 is 2.67 bits per heavy atom. The van der Waals surface area contributed by atoms with Crippen molar-refractivity contribution >= 4 is 5.91 Å². The molecular formula is C20H23FN2O. The zero-order chi connectivity index (χ0) is 16.8. The van der Waals surface area contributed by atoms with E-state index in [1.54, 1.807) is 6.07 Å². The van der Waals surface area contributed by atoms with Crippen molar-refractivity contribution in [3.63, 3.8) is 0 Å². The predicted molar refractivity (Wildman–Crippen MR) is 92.7 cm³/mol. The first-order chi connectivity index (χ1) is 11.7. The lowest BCUT2D eigenvalue weighted by Gasteiger charge is -2.32. The summed E-state index contributed by atoms with van der Waals surface area (Å²) < 4.78 is 13.8. The number of likely N-dealkylation sites (tertiary alicyclic amines) is 1. The van der Waals surface area contributed by atoms with Gasteiger partial charge in [-0.2, -0.15) is 0 Å². The van der Waals surface area contributed by atoms with Crippen LogP contribution >= 0.6 is 0 Å². The summed E-state index contributed by atoms with van der Waals surface area (Å²) in [6.45, 7) is 2.73. The molecule has 3 nitrogen and oxygen atoms in total. The molecule has 4 heteroatoms. The molecule has 1 aliphatic rings. The van der Waals surface area contributed by atoms with E-state index < -0.39 is 0 Å². The number of halogens is 1. The number of piperidine rings is 1. The number of nitrogens with one attached hydrogen (secondary N) is 1. The first-order valence-electron chi connectivity index (χ1n) is 8.50. The summed E-state index contributed by atoms with van der Waals surface area (Å²) in [7, 11) is 0. The van der Waals surface area contributed by atoms with Crippen LogP contribution in [0.4, 0.5) is 4.39 Å². The predicted octanol–water partition coefficient (Wildman–Crippen LogP) is 3.35. The third-order valence-electron chi connectivity index (χ3n) is 4.54. The van der Waals surface area contributed by atoms with Gasteiger partial charge in [-0.05, 0) is 31.0 Å². The average Bonchev–Trinajstić information content (AvgIpc) is 2.63. The molecule has 24 heavy (non-hydrogen) atoms. The van der Waals surface area contributed by atoms with Crippen molar-refractivity contribution in [3.8, 4) is 0 Å². The maximum atomic E-state index is 13.8. The molecule has 2 aromatic rings. The quantitative estimate of drug-likeness (QED) is 0.914. The summed E-state index contributed by atoms with van der Waals surface area (Å²) in [6, 6.07) is 16.8. The van der Waals surface area contributed by atoms with Gasteiger partial charge in [0.05, 0.1) is 5.92 Å². The van der Waals surface area contributed by atoms with E-state index in [2.05, 4.69) is 10.2 Å². The number of amides is 1. The number of nitrogens with zero attached hydrogens (tertiary/aromatic N) is 1. The van der Waals surface area contributed by atoms with Gasteiger partial charge in [0.2, 0.25) is 5.91 Å². The van der Waals surface area contributed by atoms with Crippen molar-refractivity contribution in [2.24, 2.45) is 5.92 Å². The van der Waals surface area contributed by atoms with Gasteiger partial charge in [-0.3, -0.25) is 9.69 Å². The molecule has 0 bridgehead atoms. The molecule has 1 aliphatic heterocycles. The molecular weight excluding hydrogens is 303 g/mol. The molecule has 1 amide bonds. The summed E-state index contributed by atoms with van der Waals surface area (Å²) in [6.07, 6.45) is 1.87. The Hall–Kier alpha value is -2.20. The van der Waals surface area contributed by atoms with Gasteiger partial charge in [-0.1, -0.05) is 48.5 Å². The number of carbonyl (C=O) groups is 1. The number of rotatable bonds is 5. The molecule has 2 aromatic carbocycles. The molecule has 1 N–H and O–H groups in total. The second kappa shape index (κ2) is 8.06. The van der Waals surface area contributed by atoms with Crippen molar-refractivity contribution in [2.75, 3.05) is 13.1 Å². The molecule has 3 rings (SSSR count). The lowest BCUT2D eigenvalue weighted by Crippen LogP contribution is -2.42. The summed E-state index contributed by atoms with van der Waals surface area (Å²) in [5, 5.41) is 3.02. The molecule has 0 saturated carbocycles. The maximum absolute atomic E-state index is 13.8. The zero-order valence-electron chi connectivity index (χ0n) is 13.7. The van der Waals surface area contributed by atoms with E-state index >= 15 is 0 Å². The minimum atomic E-state index is -0.173. The van der Waals surface area contributed by atoms with Crippen molar-refractivity contribution in [2.45, 2.75) is 25.9 Å². The van der Waals surface area contributed by atoms with Crippen LogP contribution in [0.2, 0.25) is 0 Å². The van der Waals surface area contributed by atoms with Crippen molar-refractivity contribution in [1.29, 1.82) is 0 Å². The average molecular weight is 326 g/mol. The van der Waals surface area contributed by atoms with Crippen LogP contribution in [0, 0.1) is 11.7 Å². The fourth-order valence-corrected chi connectivity index (χ4v) is 3.21. The number of hydrogen-bond acceptors (Lipinski definition) is 2. The Labute approximate surface area is 142 Å². The van der Waals surface area contributed by atoms with E-state index in [0.717, 1.165) is 24.9 Å². The van der Waals surface area contributed by atoms with E-state index in [4.69, 9.17) is 0 Å². The minimum Gasteiger partial charge on any atom is -0.352 e. The summed E-state index contributed by atoms with van der Waals surface area (Å²) in [5.41, 5.74) is 1.80. The fourth-order valence-electron chi connectivity index (χ4n) is 3.21. The second-order valence-corrected chi connectivity index (χ2v) is 6.37. The van der Waals surface area contributed by atoms with Crippen LogP contribution in [0.1, 0.15) is 24.0 Å². The van der Waals surface area contributed by atoms with Crippen LogP contribution in [0.15, 0.2) is 54.6 Å². The van der Waals surface area contributed by atoms with E-state index in [9.17, 15) is 9.18 Å². The summed E-state index contributed by atoms with van der Waals surface area (Å²) in [4.78, 5) is 14.6. The Morgan fingerprint density at radius 1 is 1.12 bits per heavy atom. The Bertz CT molecular complexity index is 674. The van der Waals surface area contributed by atoms with Crippen LogP contribution in [0.5, 0.6) is 0 Å². The highest BCUT2D eigenvalue weighted by Crippen LogP contribution is 2.20. The molecule has 1 heterocycles. The lowest BCUT2D eigenvalue weighted by atomic mass is 9.96. The number of hydrogen-bond donors (Lipinski definition) is 1. The second-order valence-electron chi connectivity index (χ2n) is 6.37. The molecule has 0 radical (unpaired) electrons. The van der Waals surface area contributed by atoms with Gasteiger partial charge in [-0.25, -0.2) is 4.39 Å². The lowest BCUT2D eigenvalue weighted by molar-refractivity contribution is -0.126. The molecule has 0 aromatic heterocycles. The standard InChI is InChI=1S/C20H23FN2O/c21-19-11-5-4-9-17(19)14-23-12-6-10-18(15-23)20(24)22-13-16-7-2-1-3-8-16/h1-5,7-9,11,18H,6,10,12-15H2,(H,22,24). The molecule has 0 spiro atoms. The summed E-state index contributed by atoms with van der Waals surface area (Å²) >= 11 is 0. The van der Waals surface area contributed by atoms with E-state index in [1.807, 2.05) is 42.5 Å². The monoisotopic (exact) mass is 326 g/mol. The van der Waals surface area contributed by atoms with Crippen molar-refractivity contribution < 1.29 is 9.18 Å². The van der Waals surface area contributed by atoms with Gasteiger partial charge < -0.3 is 5.32 Å². The fraction of sp³-hybridized carbons (Fsp3) is 0.350. The van der Waals surface area contributed by atoms with Gasteiger partial charge in [0.25, 0.3) is 0 Å². The van der Waals surface area contributed by atoms with Gasteiger partial charge in [0.1, 0.15) is 5.82 Å². The number of benzene rings is 2. The largest absolute Gasteiger partial charge is 0.352 e. The van der Waals surface area contributed by atoms with Crippen LogP contribution in [-0.4, -0.2) is 23.9 Å². The Morgan fingerprint density at radius 2 is 1.88 bits per heavy atom. The van der Waals surface area contributed by atoms with Crippen LogP contribution in [-0.2, 0) is 17.9 Å².